The van der Waals surface area contributed by atoms with Gasteiger partial charge in [-0.2, -0.15) is 5.26 Å². The first-order chi connectivity index (χ1) is 17.2. The summed E-state index contributed by atoms with van der Waals surface area (Å²) in [4.78, 5) is 20.0. The van der Waals surface area contributed by atoms with Gasteiger partial charge in [-0.3, -0.25) is 10.1 Å². The lowest BCUT2D eigenvalue weighted by atomic mass is 9.99. The highest BCUT2D eigenvalue weighted by molar-refractivity contribution is 5.84. The zero-order valence-corrected chi connectivity index (χ0v) is 19.5. The molecule has 4 aromatic rings. The van der Waals surface area contributed by atoms with Crippen LogP contribution in [0, 0.1) is 11.3 Å². The summed E-state index contributed by atoms with van der Waals surface area (Å²) in [6, 6.07) is 27.7. The van der Waals surface area contributed by atoms with E-state index < -0.39 is 6.04 Å². The van der Waals surface area contributed by atoms with E-state index in [0.717, 1.165) is 28.8 Å². The maximum absolute atomic E-state index is 13.7. The van der Waals surface area contributed by atoms with Crippen molar-refractivity contribution < 1.29 is 4.79 Å². The highest BCUT2D eigenvalue weighted by atomic mass is 16.2. The van der Waals surface area contributed by atoms with Gasteiger partial charge >= 0.3 is 0 Å². The summed E-state index contributed by atoms with van der Waals surface area (Å²) < 4.78 is 2.07. The molecular formula is C29H27N5O. The Morgan fingerprint density at radius 3 is 2.49 bits per heavy atom. The summed E-state index contributed by atoms with van der Waals surface area (Å²) in [5.74, 6) is 0.0944. The first-order valence-corrected chi connectivity index (χ1v) is 11.8. The molecule has 6 nitrogen and oxygen atoms in total. The SMILES string of the molecule is N#Cc1ccc(Cn2cncc2CNC2C(=O)N(Cc3ccccc3)CCc3ccccc32)cc1. The average molecular weight is 462 g/mol. The number of hydrogen-bond acceptors (Lipinski definition) is 4. The van der Waals surface area contributed by atoms with Gasteiger partial charge in [0.25, 0.3) is 0 Å². The quantitative estimate of drug-likeness (QED) is 0.447. The van der Waals surface area contributed by atoms with E-state index in [1.54, 1.807) is 6.33 Å². The zero-order valence-electron chi connectivity index (χ0n) is 19.5. The molecule has 1 atom stereocenters. The molecule has 0 spiro atoms. The van der Waals surface area contributed by atoms with E-state index in [9.17, 15) is 4.79 Å². The van der Waals surface area contributed by atoms with Gasteiger partial charge in [0.05, 0.1) is 23.7 Å². The van der Waals surface area contributed by atoms with Crippen LogP contribution in [0.1, 0.15) is 39.6 Å². The molecule has 1 aliphatic rings. The molecule has 5 rings (SSSR count). The van der Waals surface area contributed by atoms with Crippen LogP contribution in [-0.2, 0) is 30.8 Å². The first kappa shape index (κ1) is 22.6. The van der Waals surface area contributed by atoms with Crippen LogP contribution in [0.4, 0.5) is 0 Å². The molecule has 0 saturated carbocycles. The second-order valence-electron chi connectivity index (χ2n) is 8.83. The molecule has 1 N–H and O–H groups in total. The number of carbonyl (C=O) groups excluding carboxylic acids is 1. The largest absolute Gasteiger partial charge is 0.336 e. The molecule has 0 aliphatic carbocycles. The lowest BCUT2D eigenvalue weighted by molar-refractivity contribution is -0.134. The van der Waals surface area contributed by atoms with E-state index in [1.165, 1.54) is 5.56 Å². The minimum atomic E-state index is -0.421. The van der Waals surface area contributed by atoms with Crippen molar-refractivity contribution in [1.29, 1.82) is 5.26 Å². The molecule has 35 heavy (non-hydrogen) atoms. The average Bonchev–Trinajstić information content (AvgIpc) is 3.29. The molecule has 6 heteroatoms. The van der Waals surface area contributed by atoms with Gasteiger partial charge < -0.3 is 9.47 Å². The number of hydrogen-bond donors (Lipinski definition) is 1. The van der Waals surface area contributed by atoms with Crippen molar-refractivity contribution in [3.05, 3.63) is 125 Å². The number of benzene rings is 3. The molecular weight excluding hydrogens is 434 g/mol. The van der Waals surface area contributed by atoms with Crippen LogP contribution < -0.4 is 5.32 Å². The summed E-state index contributed by atoms with van der Waals surface area (Å²) >= 11 is 0. The molecule has 3 aromatic carbocycles. The number of imidazole rings is 1. The highest BCUT2D eigenvalue weighted by Crippen LogP contribution is 2.26. The predicted molar refractivity (Wildman–Crippen MR) is 134 cm³/mol. The lowest BCUT2D eigenvalue weighted by Gasteiger charge is -2.26. The Bertz CT molecular complexity index is 1340. The second kappa shape index (κ2) is 10.4. The van der Waals surface area contributed by atoms with Gasteiger partial charge in [-0.25, -0.2) is 4.98 Å². The lowest BCUT2D eigenvalue weighted by Crippen LogP contribution is -2.39. The topological polar surface area (TPSA) is 74.0 Å². The fraction of sp³-hybridized carbons (Fsp3) is 0.207. The molecule has 0 radical (unpaired) electrons. The molecule has 0 saturated heterocycles. The Labute approximate surface area is 205 Å². The highest BCUT2D eigenvalue weighted by Gasteiger charge is 2.30. The van der Waals surface area contributed by atoms with E-state index in [2.05, 4.69) is 45.2 Å². The summed E-state index contributed by atoms with van der Waals surface area (Å²) in [7, 11) is 0. The van der Waals surface area contributed by atoms with Crippen LogP contribution in [0.3, 0.4) is 0 Å². The number of carbonyl (C=O) groups is 1. The fourth-order valence-corrected chi connectivity index (χ4v) is 4.61. The van der Waals surface area contributed by atoms with Gasteiger partial charge in [0.2, 0.25) is 5.91 Å². The fourth-order valence-electron chi connectivity index (χ4n) is 4.61. The van der Waals surface area contributed by atoms with E-state index in [0.29, 0.717) is 31.7 Å². The van der Waals surface area contributed by atoms with Crippen LogP contribution >= 0.6 is 0 Å². The van der Waals surface area contributed by atoms with Crippen molar-refractivity contribution in [3.63, 3.8) is 0 Å². The molecule has 0 bridgehead atoms. The standard InChI is InChI=1S/C29H27N5O/c30-16-22-10-12-24(13-11-22)20-34-21-31-17-26(34)18-32-28-27-9-5-4-8-25(27)14-15-33(29(28)35)19-23-6-2-1-3-7-23/h1-13,17,21,28,32H,14-15,18-20H2. The Morgan fingerprint density at radius 1 is 0.943 bits per heavy atom. The van der Waals surface area contributed by atoms with Crippen molar-refractivity contribution in [1.82, 2.24) is 19.8 Å². The molecule has 1 aliphatic heterocycles. The molecule has 1 amide bonds. The zero-order chi connectivity index (χ0) is 24.0. The predicted octanol–water partition coefficient (Wildman–Crippen LogP) is 4.22. The molecule has 1 aromatic heterocycles. The number of fused-ring (bicyclic) bond motifs is 1. The third-order valence-corrected chi connectivity index (χ3v) is 6.51. The summed E-state index contributed by atoms with van der Waals surface area (Å²) in [5, 5.41) is 12.6. The number of aromatic nitrogens is 2. The van der Waals surface area contributed by atoms with Crippen LogP contribution in [0.5, 0.6) is 0 Å². The van der Waals surface area contributed by atoms with Gasteiger partial charge in [0.15, 0.2) is 0 Å². The minimum Gasteiger partial charge on any atom is -0.336 e. The van der Waals surface area contributed by atoms with Gasteiger partial charge in [-0.1, -0.05) is 66.7 Å². The van der Waals surface area contributed by atoms with Crippen molar-refractivity contribution in [3.8, 4) is 6.07 Å². The maximum atomic E-state index is 13.7. The van der Waals surface area contributed by atoms with Crippen molar-refractivity contribution in [2.24, 2.45) is 0 Å². The Balaban J connectivity index is 1.35. The third-order valence-electron chi connectivity index (χ3n) is 6.51. The number of nitrogens with one attached hydrogen (secondary N) is 1. The smallest absolute Gasteiger partial charge is 0.244 e. The van der Waals surface area contributed by atoms with E-state index in [-0.39, 0.29) is 5.91 Å². The van der Waals surface area contributed by atoms with Crippen LogP contribution in [0.25, 0.3) is 0 Å². The van der Waals surface area contributed by atoms with E-state index in [4.69, 9.17) is 5.26 Å². The van der Waals surface area contributed by atoms with Crippen LogP contribution in [0.2, 0.25) is 0 Å². The summed E-state index contributed by atoms with van der Waals surface area (Å²) in [6.07, 6.45) is 4.48. The van der Waals surface area contributed by atoms with Gasteiger partial charge in [0, 0.05) is 32.4 Å². The number of nitrogens with zero attached hydrogens (tertiary/aromatic N) is 4. The van der Waals surface area contributed by atoms with Gasteiger partial charge in [-0.15, -0.1) is 0 Å². The van der Waals surface area contributed by atoms with E-state index >= 15 is 0 Å². The van der Waals surface area contributed by atoms with Gasteiger partial charge in [-0.05, 0) is 40.8 Å². The van der Waals surface area contributed by atoms with Crippen molar-refractivity contribution >= 4 is 5.91 Å². The van der Waals surface area contributed by atoms with E-state index in [1.807, 2.05) is 65.7 Å². The Kier molecular flexibility index (Phi) is 6.69. The van der Waals surface area contributed by atoms with Crippen LogP contribution in [-0.4, -0.2) is 26.9 Å². The first-order valence-electron chi connectivity index (χ1n) is 11.8. The Hall–Kier alpha value is -4.21. The second-order valence-corrected chi connectivity index (χ2v) is 8.83. The monoisotopic (exact) mass is 461 g/mol. The molecule has 174 valence electrons. The number of nitriles is 1. The maximum Gasteiger partial charge on any atom is 0.244 e. The van der Waals surface area contributed by atoms with Crippen molar-refractivity contribution in [2.75, 3.05) is 6.54 Å². The molecule has 0 fully saturated rings. The number of amides is 1. The van der Waals surface area contributed by atoms with Crippen LogP contribution in [0.15, 0.2) is 91.4 Å². The summed E-state index contributed by atoms with van der Waals surface area (Å²) in [6.45, 7) is 2.46. The molecule has 2 heterocycles. The third kappa shape index (κ3) is 5.16. The number of rotatable bonds is 7. The summed E-state index contributed by atoms with van der Waals surface area (Å²) in [5.41, 5.74) is 6.12. The van der Waals surface area contributed by atoms with Gasteiger partial charge in [0.1, 0.15) is 6.04 Å². The minimum absolute atomic E-state index is 0.0944. The normalized spacial score (nSPS) is 15.3. The Morgan fingerprint density at radius 2 is 1.69 bits per heavy atom. The molecule has 1 unspecified atom stereocenters. The van der Waals surface area contributed by atoms with Crippen molar-refractivity contribution in [2.45, 2.75) is 32.1 Å².